The highest BCUT2D eigenvalue weighted by atomic mass is 16.5. The van der Waals surface area contributed by atoms with E-state index in [-0.39, 0.29) is 0 Å². The zero-order valence-corrected chi connectivity index (χ0v) is 28.6. The third-order valence-electron chi connectivity index (χ3n) is 12.3. The molecule has 0 saturated heterocycles. The molecule has 13 rings (SSSR count). The summed E-state index contributed by atoms with van der Waals surface area (Å²) in [6, 6.07) is 65.2. The van der Waals surface area contributed by atoms with E-state index in [0.29, 0.717) is 0 Å². The first kappa shape index (κ1) is 27.8. The lowest BCUT2D eigenvalue weighted by atomic mass is 9.59. The maximum Gasteiger partial charge on any atom is 0.132 e. The number of nitrogens with zero attached hydrogens (tertiary/aromatic N) is 1. The Morgan fingerprint density at radius 1 is 0.340 bits per heavy atom. The van der Waals surface area contributed by atoms with Crippen molar-refractivity contribution in [3.8, 4) is 56.0 Å². The van der Waals surface area contributed by atoms with E-state index in [1.807, 2.05) is 0 Å². The van der Waals surface area contributed by atoms with E-state index in [1.165, 1.54) is 105 Å². The summed E-state index contributed by atoms with van der Waals surface area (Å²) in [7, 11) is 0. The van der Waals surface area contributed by atoms with Gasteiger partial charge in [-0.3, -0.25) is 0 Å². The van der Waals surface area contributed by atoms with Crippen molar-refractivity contribution < 1.29 is 4.74 Å². The topological polar surface area (TPSA) is 12.5 Å². The smallest absolute Gasteiger partial charge is 0.132 e. The van der Waals surface area contributed by atoms with Crippen LogP contribution in [0.3, 0.4) is 0 Å². The Labute approximate surface area is 306 Å². The van der Waals surface area contributed by atoms with Gasteiger partial charge in [-0.2, -0.15) is 0 Å². The molecule has 0 bridgehead atoms. The second-order valence-corrected chi connectivity index (χ2v) is 14.8. The second kappa shape index (κ2) is 9.70. The first-order valence-electron chi connectivity index (χ1n) is 18.4. The van der Waals surface area contributed by atoms with Crippen molar-refractivity contribution in [2.24, 2.45) is 0 Å². The largest absolute Gasteiger partial charge is 0.457 e. The molecule has 0 unspecified atom stereocenters. The van der Waals surface area contributed by atoms with E-state index in [2.05, 4.69) is 181 Å². The van der Waals surface area contributed by atoms with Gasteiger partial charge in [-0.1, -0.05) is 152 Å². The average Bonchev–Trinajstić information content (AvgIpc) is 3.23. The first-order chi connectivity index (χ1) is 26.3. The van der Waals surface area contributed by atoms with Gasteiger partial charge < -0.3 is 9.64 Å². The maximum absolute atomic E-state index is 7.01. The fourth-order valence-corrected chi connectivity index (χ4v) is 10.2. The van der Waals surface area contributed by atoms with E-state index >= 15 is 0 Å². The molecule has 0 fully saturated rings. The predicted octanol–water partition coefficient (Wildman–Crippen LogP) is 13.6. The molecule has 2 nitrogen and oxygen atoms in total. The number of hydrogen-bond donors (Lipinski definition) is 0. The summed E-state index contributed by atoms with van der Waals surface area (Å²) in [6.07, 6.45) is 0. The molecule has 0 atom stereocenters. The molecule has 0 aromatic heterocycles. The molecule has 244 valence electrons. The van der Waals surface area contributed by atoms with Gasteiger partial charge in [0.05, 0.1) is 22.5 Å². The fraction of sp³-hybridized carbons (Fsp3) is 0.0196. The molecule has 4 heterocycles. The molecule has 0 N–H and O–H groups in total. The molecule has 2 heteroatoms. The molecule has 0 amide bonds. The Hall–Kier alpha value is -6.90. The van der Waals surface area contributed by atoms with Crippen LogP contribution in [0.4, 0.5) is 17.1 Å². The quantitative estimate of drug-likeness (QED) is 0.181. The maximum atomic E-state index is 7.01. The van der Waals surface area contributed by atoms with Crippen LogP contribution < -0.4 is 9.64 Å². The van der Waals surface area contributed by atoms with E-state index in [0.717, 1.165) is 11.5 Å². The molecular weight excluding hydrogens is 643 g/mol. The standard InChI is InChI=1S/C51H29NO/c1-3-10-30(11-4-1)34-22-26-44-42(28-34)51(43-29-35(23-27-45(43)53-44)31-12-5-2-6-13-31)40-24-20-32-14-7-16-36-38-18-9-19-39-37-17-8-15-33-21-25-41(51)50(47(33)37)52(48(38)39)49(40)46(32)36/h1-29H. The number of rotatable bonds is 2. The van der Waals surface area contributed by atoms with Gasteiger partial charge in [0.2, 0.25) is 0 Å². The van der Waals surface area contributed by atoms with Gasteiger partial charge in [0.15, 0.2) is 0 Å². The lowest BCUT2D eigenvalue weighted by Crippen LogP contribution is -2.41. The highest BCUT2D eigenvalue weighted by molar-refractivity contribution is 6.25. The Morgan fingerprint density at radius 2 is 0.811 bits per heavy atom. The van der Waals surface area contributed by atoms with Crippen molar-refractivity contribution in [1.29, 1.82) is 0 Å². The summed E-state index contributed by atoms with van der Waals surface area (Å²) < 4.78 is 7.01. The number of ether oxygens (including phenoxy) is 1. The monoisotopic (exact) mass is 671 g/mol. The normalized spacial score (nSPS) is 14.3. The van der Waals surface area contributed by atoms with Crippen LogP contribution >= 0.6 is 0 Å². The van der Waals surface area contributed by atoms with Crippen LogP contribution in [0.1, 0.15) is 22.3 Å². The Kier molecular flexibility index (Phi) is 5.08. The molecule has 1 spiro atoms. The third kappa shape index (κ3) is 3.31. The Balaban J connectivity index is 1.28. The number of para-hydroxylation sites is 1. The van der Waals surface area contributed by atoms with Gasteiger partial charge >= 0.3 is 0 Å². The van der Waals surface area contributed by atoms with Gasteiger partial charge in [-0.05, 0) is 79.5 Å². The number of fused-ring (bicyclic) bond motifs is 8. The SMILES string of the molecule is c1ccc(-c2ccc3c(c2)C2(c4cc(-c5ccccc5)ccc4O3)c3ccc4cccc5c4c3N3c4c-5cccc4-c4cccc5ccc2c3c45)cc1. The van der Waals surface area contributed by atoms with Gasteiger partial charge in [-0.25, -0.2) is 0 Å². The Morgan fingerprint density at radius 3 is 1.32 bits per heavy atom. The number of benzene rings is 9. The van der Waals surface area contributed by atoms with E-state index in [4.69, 9.17) is 4.74 Å². The molecule has 9 aromatic carbocycles. The Bertz CT molecular complexity index is 2880. The van der Waals surface area contributed by atoms with E-state index < -0.39 is 5.41 Å². The second-order valence-electron chi connectivity index (χ2n) is 14.8. The summed E-state index contributed by atoms with van der Waals surface area (Å²) in [5.41, 5.74) is 17.9. The minimum atomic E-state index is -0.688. The molecule has 9 aromatic rings. The summed E-state index contributed by atoms with van der Waals surface area (Å²) in [4.78, 5) is 2.64. The van der Waals surface area contributed by atoms with Crippen LogP contribution in [0.25, 0.3) is 66.1 Å². The summed E-state index contributed by atoms with van der Waals surface area (Å²) in [6.45, 7) is 0. The van der Waals surface area contributed by atoms with Crippen molar-refractivity contribution in [1.82, 2.24) is 0 Å². The molecular formula is C51H29NO. The lowest BCUT2D eigenvalue weighted by molar-refractivity contribution is 0.434. The van der Waals surface area contributed by atoms with Crippen molar-refractivity contribution >= 4 is 38.6 Å². The van der Waals surface area contributed by atoms with Gasteiger partial charge in [0.25, 0.3) is 0 Å². The zero-order valence-electron chi connectivity index (χ0n) is 28.6. The average molecular weight is 672 g/mol. The van der Waals surface area contributed by atoms with Crippen LogP contribution in [0, 0.1) is 0 Å². The molecule has 0 radical (unpaired) electrons. The molecule has 0 saturated carbocycles. The van der Waals surface area contributed by atoms with E-state index in [9.17, 15) is 0 Å². The lowest BCUT2D eigenvalue weighted by Gasteiger charge is -2.52. The van der Waals surface area contributed by atoms with E-state index in [1.54, 1.807) is 0 Å². The van der Waals surface area contributed by atoms with Crippen molar-refractivity contribution in [2.75, 3.05) is 4.90 Å². The highest BCUT2D eigenvalue weighted by Crippen LogP contribution is 2.70. The fourth-order valence-electron chi connectivity index (χ4n) is 10.2. The van der Waals surface area contributed by atoms with Crippen LogP contribution in [0.15, 0.2) is 176 Å². The van der Waals surface area contributed by atoms with Crippen LogP contribution in [-0.4, -0.2) is 0 Å². The van der Waals surface area contributed by atoms with Crippen LogP contribution in [0.5, 0.6) is 11.5 Å². The number of hydrogen-bond acceptors (Lipinski definition) is 2. The molecule has 4 aliphatic heterocycles. The number of anilines is 3. The van der Waals surface area contributed by atoms with Crippen molar-refractivity contribution in [2.45, 2.75) is 5.41 Å². The summed E-state index contributed by atoms with van der Waals surface area (Å²) >= 11 is 0. The first-order valence-corrected chi connectivity index (χ1v) is 18.4. The summed E-state index contributed by atoms with van der Waals surface area (Å²) in [5, 5.41) is 5.13. The van der Waals surface area contributed by atoms with Gasteiger partial charge in [0, 0.05) is 33.0 Å². The minimum Gasteiger partial charge on any atom is -0.457 e. The predicted molar refractivity (Wildman–Crippen MR) is 217 cm³/mol. The highest BCUT2D eigenvalue weighted by Gasteiger charge is 2.54. The minimum absolute atomic E-state index is 0.688. The van der Waals surface area contributed by atoms with Crippen molar-refractivity contribution in [3.63, 3.8) is 0 Å². The van der Waals surface area contributed by atoms with Crippen molar-refractivity contribution in [3.05, 3.63) is 198 Å². The van der Waals surface area contributed by atoms with Gasteiger partial charge in [0.1, 0.15) is 11.5 Å². The van der Waals surface area contributed by atoms with Crippen LogP contribution in [-0.2, 0) is 5.41 Å². The van der Waals surface area contributed by atoms with Crippen LogP contribution in [0.2, 0.25) is 0 Å². The zero-order chi connectivity index (χ0) is 34.4. The summed E-state index contributed by atoms with van der Waals surface area (Å²) in [5.74, 6) is 1.79. The van der Waals surface area contributed by atoms with Gasteiger partial charge in [-0.15, -0.1) is 0 Å². The third-order valence-corrected chi connectivity index (χ3v) is 12.3. The molecule has 0 aliphatic carbocycles. The molecule has 4 aliphatic rings. The molecule has 53 heavy (non-hydrogen) atoms.